The van der Waals surface area contributed by atoms with Crippen LogP contribution < -0.4 is 5.32 Å². The average molecular weight is 535 g/mol. The number of halogens is 1. The summed E-state index contributed by atoms with van der Waals surface area (Å²) in [4.78, 5) is 33.9. The molecular weight excluding hydrogens is 511 g/mol. The summed E-state index contributed by atoms with van der Waals surface area (Å²) in [5, 5.41) is 21.1. The number of carbonyl (C=O) groups is 1. The van der Waals surface area contributed by atoms with Gasteiger partial charge < -0.3 is 15.4 Å². The van der Waals surface area contributed by atoms with Gasteiger partial charge in [-0.3, -0.25) is 24.8 Å². The molecule has 1 saturated carbocycles. The third-order valence-corrected chi connectivity index (χ3v) is 7.26. The van der Waals surface area contributed by atoms with E-state index in [4.69, 9.17) is 4.98 Å². The lowest BCUT2D eigenvalue weighted by Crippen LogP contribution is -2.20. The van der Waals surface area contributed by atoms with E-state index in [-0.39, 0.29) is 17.6 Å². The van der Waals surface area contributed by atoms with Crippen LogP contribution in [0.3, 0.4) is 0 Å². The summed E-state index contributed by atoms with van der Waals surface area (Å²) in [6.45, 7) is 0. The molecule has 198 valence electrons. The molecule has 0 atom stereocenters. The van der Waals surface area contributed by atoms with Crippen molar-refractivity contribution in [2.45, 2.75) is 25.7 Å². The van der Waals surface area contributed by atoms with Gasteiger partial charge in [0.25, 0.3) is 0 Å². The number of carbonyl (C=O) groups excluding carboxylic acids is 1. The molecule has 0 spiro atoms. The van der Waals surface area contributed by atoms with Crippen molar-refractivity contribution in [3.63, 3.8) is 0 Å². The molecule has 40 heavy (non-hydrogen) atoms. The van der Waals surface area contributed by atoms with E-state index in [1.54, 1.807) is 30.9 Å². The number of aromatic amines is 2. The number of anilines is 1. The highest BCUT2D eigenvalue weighted by molar-refractivity contribution is 5.97. The van der Waals surface area contributed by atoms with Crippen LogP contribution in [0.25, 0.3) is 56.0 Å². The molecule has 0 unspecified atom stereocenters. The quantitative estimate of drug-likeness (QED) is 0.225. The van der Waals surface area contributed by atoms with Gasteiger partial charge >= 0.3 is 0 Å². The number of phenols is 1. The Morgan fingerprint density at radius 1 is 0.975 bits per heavy atom. The van der Waals surface area contributed by atoms with E-state index in [1.807, 2.05) is 12.1 Å². The standard InChI is InChI=1S/C29H23FN8O2/c30-18-7-16(9-20(39)10-18)25-27-22(5-6-32-25)35-28(36-27)26-21-11-23(33-14-24(21)37-38-26)17-8-19(13-31-12-17)34-29(40)15-3-1-2-4-15/h5-15,39H,1-4H2,(H,34,40)(H,35,36)(H,37,38). The number of phenolic OH excluding ortho intramolecular Hbond substituents is 1. The number of nitrogens with zero attached hydrogens (tertiary/aromatic N) is 5. The summed E-state index contributed by atoms with van der Waals surface area (Å²) in [5.74, 6) is -0.190. The maximum absolute atomic E-state index is 14.0. The third-order valence-electron chi connectivity index (χ3n) is 7.26. The second-order valence-corrected chi connectivity index (χ2v) is 9.96. The number of amides is 1. The van der Waals surface area contributed by atoms with Crippen molar-refractivity contribution in [2.75, 3.05) is 5.32 Å². The Bertz CT molecular complexity index is 1890. The van der Waals surface area contributed by atoms with Crippen molar-refractivity contribution in [2.24, 2.45) is 5.92 Å². The van der Waals surface area contributed by atoms with E-state index in [0.29, 0.717) is 50.7 Å². The van der Waals surface area contributed by atoms with E-state index >= 15 is 0 Å². The highest BCUT2D eigenvalue weighted by Crippen LogP contribution is 2.33. The molecule has 1 aliphatic carbocycles. The van der Waals surface area contributed by atoms with Crippen LogP contribution in [0, 0.1) is 11.7 Å². The maximum Gasteiger partial charge on any atom is 0.227 e. The second kappa shape index (κ2) is 9.53. The largest absolute Gasteiger partial charge is 0.508 e. The molecule has 11 heteroatoms. The van der Waals surface area contributed by atoms with Crippen molar-refractivity contribution in [3.05, 3.63) is 67.0 Å². The molecule has 4 N–H and O–H groups in total. The van der Waals surface area contributed by atoms with Gasteiger partial charge in [-0.05, 0) is 43.2 Å². The average Bonchev–Trinajstić information content (AvgIpc) is 3.71. The minimum atomic E-state index is -0.570. The molecule has 6 aromatic rings. The topological polar surface area (TPSA) is 145 Å². The van der Waals surface area contributed by atoms with Crippen LogP contribution in [-0.2, 0) is 4.79 Å². The van der Waals surface area contributed by atoms with Gasteiger partial charge in [0, 0.05) is 40.9 Å². The molecule has 10 nitrogen and oxygen atoms in total. The molecule has 5 aromatic heterocycles. The van der Waals surface area contributed by atoms with E-state index in [2.05, 4.69) is 35.5 Å². The van der Waals surface area contributed by atoms with Crippen molar-refractivity contribution >= 4 is 33.5 Å². The van der Waals surface area contributed by atoms with Gasteiger partial charge in [0.1, 0.15) is 22.8 Å². The SMILES string of the molecule is O=C(Nc1cncc(-c2cc3c(-c4nc5c(-c6cc(O)cc(F)c6)nccc5[nH]4)n[nH]c3cn2)c1)C1CCCC1. The van der Waals surface area contributed by atoms with Gasteiger partial charge in [0.05, 0.1) is 40.5 Å². The van der Waals surface area contributed by atoms with E-state index in [0.717, 1.165) is 42.7 Å². The molecule has 1 aliphatic rings. The number of H-pyrrole nitrogens is 2. The predicted molar refractivity (Wildman–Crippen MR) is 148 cm³/mol. The molecule has 1 amide bonds. The minimum Gasteiger partial charge on any atom is -0.508 e. The van der Waals surface area contributed by atoms with E-state index in [1.165, 1.54) is 12.1 Å². The maximum atomic E-state index is 14.0. The number of nitrogens with one attached hydrogen (secondary N) is 3. The predicted octanol–water partition coefficient (Wildman–Crippen LogP) is 5.60. The zero-order valence-corrected chi connectivity index (χ0v) is 21.1. The number of hydrogen-bond donors (Lipinski definition) is 4. The Morgan fingerprint density at radius 3 is 2.70 bits per heavy atom. The number of fused-ring (bicyclic) bond motifs is 2. The van der Waals surface area contributed by atoms with Crippen molar-refractivity contribution < 1.29 is 14.3 Å². The third kappa shape index (κ3) is 4.31. The summed E-state index contributed by atoms with van der Waals surface area (Å²) in [7, 11) is 0. The normalized spacial score (nSPS) is 13.8. The molecular formula is C29H23FN8O2. The number of hydrogen-bond acceptors (Lipinski definition) is 7. The van der Waals surface area contributed by atoms with Crippen LogP contribution in [-0.4, -0.2) is 46.1 Å². The van der Waals surface area contributed by atoms with E-state index < -0.39 is 5.82 Å². The molecule has 0 saturated heterocycles. The summed E-state index contributed by atoms with van der Waals surface area (Å²) >= 11 is 0. The summed E-state index contributed by atoms with van der Waals surface area (Å²) < 4.78 is 14.0. The van der Waals surface area contributed by atoms with Crippen molar-refractivity contribution in [1.29, 1.82) is 0 Å². The lowest BCUT2D eigenvalue weighted by Gasteiger charge is -2.11. The number of rotatable bonds is 5. The molecule has 5 heterocycles. The molecule has 7 rings (SSSR count). The van der Waals surface area contributed by atoms with Gasteiger partial charge in [-0.15, -0.1) is 0 Å². The number of aromatic hydroxyl groups is 1. The zero-order valence-electron chi connectivity index (χ0n) is 21.1. The van der Waals surface area contributed by atoms with Gasteiger partial charge in [-0.25, -0.2) is 9.37 Å². The summed E-state index contributed by atoms with van der Waals surface area (Å²) in [6, 6.07) is 9.31. The molecule has 1 fully saturated rings. The number of aromatic nitrogens is 7. The fourth-order valence-corrected chi connectivity index (χ4v) is 5.31. The monoisotopic (exact) mass is 534 g/mol. The number of imidazole rings is 1. The second-order valence-electron chi connectivity index (χ2n) is 9.96. The highest BCUT2D eigenvalue weighted by Gasteiger charge is 2.23. The molecule has 0 aliphatic heterocycles. The molecule has 0 radical (unpaired) electrons. The fourth-order valence-electron chi connectivity index (χ4n) is 5.31. The van der Waals surface area contributed by atoms with Crippen LogP contribution in [0.5, 0.6) is 5.75 Å². The highest BCUT2D eigenvalue weighted by atomic mass is 19.1. The van der Waals surface area contributed by atoms with Crippen LogP contribution in [0.2, 0.25) is 0 Å². The van der Waals surface area contributed by atoms with Gasteiger partial charge in [0.15, 0.2) is 5.82 Å². The van der Waals surface area contributed by atoms with Crippen molar-refractivity contribution in [3.8, 4) is 39.8 Å². The number of benzene rings is 1. The van der Waals surface area contributed by atoms with Crippen LogP contribution in [0.4, 0.5) is 10.1 Å². The lowest BCUT2D eigenvalue weighted by atomic mass is 10.1. The first-order chi connectivity index (χ1) is 19.5. The van der Waals surface area contributed by atoms with E-state index in [9.17, 15) is 14.3 Å². The van der Waals surface area contributed by atoms with Crippen LogP contribution >= 0.6 is 0 Å². The van der Waals surface area contributed by atoms with Gasteiger partial charge in [-0.2, -0.15) is 5.10 Å². The van der Waals surface area contributed by atoms with Gasteiger partial charge in [-0.1, -0.05) is 12.8 Å². The smallest absolute Gasteiger partial charge is 0.227 e. The fraction of sp³-hybridized carbons (Fsp3) is 0.172. The Hall–Kier alpha value is -5.19. The van der Waals surface area contributed by atoms with Crippen LogP contribution in [0.1, 0.15) is 25.7 Å². The first-order valence-electron chi connectivity index (χ1n) is 13.0. The molecule has 1 aromatic carbocycles. The Labute approximate surface area is 226 Å². The Kier molecular flexibility index (Phi) is 5.69. The summed E-state index contributed by atoms with van der Waals surface area (Å²) in [6.07, 6.45) is 10.6. The Morgan fingerprint density at radius 2 is 1.85 bits per heavy atom. The van der Waals surface area contributed by atoms with Crippen LogP contribution in [0.15, 0.2) is 61.2 Å². The molecule has 0 bridgehead atoms. The zero-order chi connectivity index (χ0) is 27.2. The van der Waals surface area contributed by atoms with Gasteiger partial charge in [0.2, 0.25) is 5.91 Å². The first kappa shape index (κ1) is 23.9. The number of pyridine rings is 3. The summed E-state index contributed by atoms with van der Waals surface area (Å²) in [5.41, 5.74) is 5.36. The van der Waals surface area contributed by atoms with Crippen molar-refractivity contribution in [1.82, 2.24) is 35.1 Å². The minimum absolute atomic E-state index is 0.0316. The lowest BCUT2D eigenvalue weighted by molar-refractivity contribution is -0.119. The first-order valence-corrected chi connectivity index (χ1v) is 13.0. The Balaban J connectivity index is 1.25.